The Kier molecular flexibility index (Phi) is 4.21. The summed E-state index contributed by atoms with van der Waals surface area (Å²) in [4.78, 5) is 32.9. The van der Waals surface area contributed by atoms with E-state index in [-0.39, 0.29) is 11.6 Å². The molecule has 0 unspecified atom stereocenters. The lowest BCUT2D eigenvalue weighted by molar-refractivity contribution is -0.394. The first-order valence-electron chi connectivity index (χ1n) is 8.10. The monoisotopic (exact) mass is 333 g/mol. The number of hydrogen-bond donors (Lipinski definition) is 1. The van der Waals surface area contributed by atoms with E-state index in [2.05, 4.69) is 5.32 Å². The van der Waals surface area contributed by atoms with Gasteiger partial charge in [0.1, 0.15) is 5.56 Å². The van der Waals surface area contributed by atoms with Gasteiger partial charge in [0.25, 0.3) is 17.3 Å². The van der Waals surface area contributed by atoms with Gasteiger partial charge in [-0.05, 0) is 50.0 Å². The van der Waals surface area contributed by atoms with E-state index in [0.717, 1.165) is 30.5 Å². The van der Waals surface area contributed by atoms with Crippen LogP contribution < -0.4 is 5.32 Å². The Labute approximate surface area is 138 Å². The molecule has 1 aromatic rings. The first-order valence-corrected chi connectivity index (χ1v) is 8.10. The second kappa shape index (κ2) is 6.18. The number of nitrogens with zero attached hydrogens (tertiary/aromatic N) is 2. The molecule has 1 N–H and O–H groups in total. The molecule has 24 heavy (non-hydrogen) atoms. The lowest BCUT2D eigenvalue weighted by atomic mass is 9.84. The molecule has 8 heteroatoms. The number of hydrogen-bond acceptors (Lipinski definition) is 5. The molecule has 8 nitrogen and oxygen atoms in total. The van der Waals surface area contributed by atoms with E-state index in [1.54, 1.807) is 0 Å². The van der Waals surface area contributed by atoms with Crippen molar-refractivity contribution in [3.8, 4) is 0 Å². The van der Waals surface area contributed by atoms with Crippen LogP contribution in [-0.4, -0.2) is 21.8 Å². The van der Waals surface area contributed by atoms with E-state index < -0.39 is 27.1 Å². The van der Waals surface area contributed by atoms with Crippen molar-refractivity contribution in [3.63, 3.8) is 0 Å². The first kappa shape index (κ1) is 16.4. The van der Waals surface area contributed by atoms with Crippen LogP contribution in [-0.2, 0) is 0 Å². The predicted molar refractivity (Wildman–Crippen MR) is 85.6 cm³/mol. The van der Waals surface area contributed by atoms with Crippen molar-refractivity contribution in [1.29, 1.82) is 0 Å². The van der Waals surface area contributed by atoms with Gasteiger partial charge >= 0.3 is 0 Å². The number of non-ortho nitro benzene ring substituents is 1. The van der Waals surface area contributed by atoms with Crippen LogP contribution in [0.25, 0.3) is 0 Å². The molecular formula is C16H19N3O5. The molecule has 2 aliphatic carbocycles. The molecule has 0 aliphatic heterocycles. The zero-order chi connectivity index (χ0) is 17.4. The Morgan fingerprint density at radius 1 is 1.21 bits per heavy atom. The second-order valence-electron chi connectivity index (χ2n) is 6.82. The van der Waals surface area contributed by atoms with Crippen LogP contribution in [0, 0.1) is 38.0 Å². The van der Waals surface area contributed by atoms with Gasteiger partial charge in [0, 0.05) is 12.1 Å². The number of amides is 1. The number of nitrogens with one attached hydrogen (secondary N) is 1. The molecule has 1 amide bonds. The van der Waals surface area contributed by atoms with Crippen molar-refractivity contribution in [3.05, 3.63) is 44.0 Å². The van der Waals surface area contributed by atoms with Crippen molar-refractivity contribution in [2.45, 2.75) is 38.6 Å². The third-order valence-electron chi connectivity index (χ3n) is 5.43. The fourth-order valence-corrected chi connectivity index (χ4v) is 4.27. The summed E-state index contributed by atoms with van der Waals surface area (Å²) in [5.74, 6) is 1.22. The number of nitro benzene ring substituents is 2. The predicted octanol–water partition coefficient (Wildman–Crippen LogP) is 3.06. The maximum Gasteiger partial charge on any atom is 0.289 e. The standard InChI is InChI=1S/C16H19N3O5/c1-9(14-7-10-2-3-11(14)6-10)17-16(20)13-5-4-12(18(21)22)8-15(13)19(23)24/h4-5,8-11,14H,2-3,6-7H2,1H3,(H,17,20)/t9-,10-,11-,14+/m0/s1. The molecule has 2 saturated carbocycles. The summed E-state index contributed by atoms with van der Waals surface area (Å²) in [6.45, 7) is 1.93. The Hall–Kier alpha value is -2.51. The zero-order valence-electron chi connectivity index (χ0n) is 13.3. The number of nitro groups is 2. The maximum absolute atomic E-state index is 12.4. The van der Waals surface area contributed by atoms with Crippen LogP contribution >= 0.6 is 0 Å². The number of benzene rings is 1. The molecule has 0 heterocycles. The smallest absolute Gasteiger partial charge is 0.289 e. The van der Waals surface area contributed by atoms with Crippen LogP contribution in [0.5, 0.6) is 0 Å². The third-order valence-corrected chi connectivity index (χ3v) is 5.43. The summed E-state index contributed by atoms with van der Waals surface area (Å²) in [5.41, 5.74) is -1.08. The normalized spacial score (nSPS) is 26.1. The van der Waals surface area contributed by atoms with Crippen LogP contribution in [0.1, 0.15) is 43.0 Å². The number of rotatable bonds is 5. The number of carbonyl (C=O) groups excluding carboxylic acids is 1. The summed E-state index contributed by atoms with van der Waals surface area (Å²) in [5, 5.41) is 24.8. The summed E-state index contributed by atoms with van der Waals surface area (Å²) >= 11 is 0. The molecular weight excluding hydrogens is 314 g/mol. The molecule has 128 valence electrons. The summed E-state index contributed by atoms with van der Waals surface area (Å²) in [6.07, 6.45) is 4.75. The van der Waals surface area contributed by atoms with Crippen molar-refractivity contribution in [1.82, 2.24) is 5.32 Å². The maximum atomic E-state index is 12.4. The molecule has 0 spiro atoms. The highest BCUT2D eigenvalue weighted by molar-refractivity contribution is 5.98. The Bertz CT molecular complexity index is 705. The quantitative estimate of drug-likeness (QED) is 0.656. The molecule has 0 aromatic heterocycles. The van der Waals surface area contributed by atoms with Crippen molar-refractivity contribution in [2.24, 2.45) is 17.8 Å². The minimum Gasteiger partial charge on any atom is -0.349 e. The van der Waals surface area contributed by atoms with Gasteiger partial charge in [0.2, 0.25) is 0 Å². The molecule has 2 aliphatic rings. The van der Waals surface area contributed by atoms with Gasteiger partial charge in [-0.25, -0.2) is 0 Å². The molecule has 0 radical (unpaired) electrons. The average Bonchev–Trinajstić information content (AvgIpc) is 3.17. The van der Waals surface area contributed by atoms with E-state index in [1.807, 2.05) is 6.92 Å². The Morgan fingerprint density at radius 2 is 1.96 bits per heavy atom. The average molecular weight is 333 g/mol. The van der Waals surface area contributed by atoms with Crippen molar-refractivity contribution < 1.29 is 14.6 Å². The van der Waals surface area contributed by atoms with Gasteiger partial charge in [-0.3, -0.25) is 25.0 Å². The van der Waals surface area contributed by atoms with Gasteiger partial charge in [-0.1, -0.05) is 6.42 Å². The summed E-state index contributed by atoms with van der Waals surface area (Å²) < 4.78 is 0. The van der Waals surface area contributed by atoms with Crippen LogP contribution in [0.15, 0.2) is 18.2 Å². The third kappa shape index (κ3) is 2.95. The minimum atomic E-state index is -0.760. The fraction of sp³-hybridized carbons (Fsp3) is 0.562. The fourth-order valence-electron chi connectivity index (χ4n) is 4.27. The van der Waals surface area contributed by atoms with E-state index in [4.69, 9.17) is 0 Å². The lowest BCUT2D eigenvalue weighted by Crippen LogP contribution is -2.40. The van der Waals surface area contributed by atoms with E-state index in [1.165, 1.54) is 19.3 Å². The number of carbonyl (C=O) groups is 1. The molecule has 2 bridgehead atoms. The van der Waals surface area contributed by atoms with E-state index >= 15 is 0 Å². The topological polar surface area (TPSA) is 115 Å². The van der Waals surface area contributed by atoms with Gasteiger partial charge in [0.15, 0.2) is 0 Å². The lowest BCUT2D eigenvalue weighted by Gasteiger charge is -2.28. The van der Waals surface area contributed by atoms with Gasteiger partial charge in [-0.2, -0.15) is 0 Å². The van der Waals surface area contributed by atoms with Gasteiger partial charge < -0.3 is 5.32 Å². The number of fused-ring (bicyclic) bond motifs is 2. The zero-order valence-corrected chi connectivity index (χ0v) is 13.3. The van der Waals surface area contributed by atoms with Crippen LogP contribution in [0.4, 0.5) is 11.4 Å². The molecule has 3 rings (SSSR count). The van der Waals surface area contributed by atoms with Crippen LogP contribution in [0.2, 0.25) is 0 Å². The largest absolute Gasteiger partial charge is 0.349 e. The highest BCUT2D eigenvalue weighted by Crippen LogP contribution is 2.49. The SMILES string of the molecule is C[C@H](NC(=O)c1ccc([N+](=O)[O-])cc1[N+](=O)[O-])[C@H]1C[C@H]2CC[C@H]1C2. The first-order chi connectivity index (χ1) is 11.4. The highest BCUT2D eigenvalue weighted by atomic mass is 16.6. The second-order valence-corrected chi connectivity index (χ2v) is 6.82. The van der Waals surface area contributed by atoms with Crippen LogP contribution in [0.3, 0.4) is 0 Å². The summed E-state index contributed by atoms with van der Waals surface area (Å²) in [6, 6.07) is 3.03. The van der Waals surface area contributed by atoms with Crippen molar-refractivity contribution in [2.75, 3.05) is 0 Å². The van der Waals surface area contributed by atoms with Crippen molar-refractivity contribution >= 4 is 17.3 Å². The van der Waals surface area contributed by atoms with E-state index in [0.29, 0.717) is 11.8 Å². The molecule has 1 aromatic carbocycles. The Morgan fingerprint density at radius 3 is 2.50 bits per heavy atom. The Balaban J connectivity index is 1.77. The molecule has 2 fully saturated rings. The van der Waals surface area contributed by atoms with E-state index in [9.17, 15) is 25.0 Å². The molecule has 4 atom stereocenters. The molecule has 0 saturated heterocycles. The summed E-state index contributed by atoms with van der Waals surface area (Å²) in [7, 11) is 0. The van der Waals surface area contributed by atoms with Gasteiger partial charge in [-0.15, -0.1) is 0 Å². The highest BCUT2D eigenvalue weighted by Gasteiger charge is 2.42. The minimum absolute atomic E-state index is 0.0670. The van der Waals surface area contributed by atoms with Gasteiger partial charge in [0.05, 0.1) is 15.9 Å².